The van der Waals surface area contributed by atoms with Gasteiger partial charge in [0, 0.05) is 55.4 Å². The van der Waals surface area contributed by atoms with Gasteiger partial charge in [-0.3, -0.25) is 14.5 Å². The number of methoxy groups -OCH3 is 1. The van der Waals surface area contributed by atoms with Gasteiger partial charge in [0.05, 0.1) is 18.4 Å². The van der Waals surface area contributed by atoms with Gasteiger partial charge in [0.2, 0.25) is 11.8 Å². The van der Waals surface area contributed by atoms with Gasteiger partial charge < -0.3 is 14.5 Å². The van der Waals surface area contributed by atoms with E-state index >= 15 is 4.39 Å². The summed E-state index contributed by atoms with van der Waals surface area (Å²) in [6, 6.07) is 9.38. The monoisotopic (exact) mass is 549 g/mol. The van der Waals surface area contributed by atoms with Crippen molar-refractivity contribution in [2.45, 2.75) is 84.2 Å². The van der Waals surface area contributed by atoms with E-state index in [1.807, 2.05) is 9.80 Å². The van der Waals surface area contributed by atoms with Gasteiger partial charge in [0.25, 0.3) is 0 Å². The molecule has 2 atom stereocenters. The molecule has 3 heterocycles. The lowest BCUT2D eigenvalue weighted by Crippen LogP contribution is -2.52. The van der Waals surface area contributed by atoms with Gasteiger partial charge in [-0.05, 0) is 95.7 Å². The third-order valence-electron chi connectivity index (χ3n) is 9.65. The molecule has 0 N–H and O–H groups in total. The Morgan fingerprint density at radius 2 is 1.70 bits per heavy atom. The van der Waals surface area contributed by atoms with Crippen LogP contribution in [-0.4, -0.2) is 66.5 Å². The molecule has 40 heavy (non-hydrogen) atoms. The molecule has 3 aliphatic heterocycles. The van der Waals surface area contributed by atoms with Crippen molar-refractivity contribution in [3.8, 4) is 5.75 Å². The largest absolute Gasteiger partial charge is 0.497 e. The van der Waals surface area contributed by atoms with Gasteiger partial charge in [-0.15, -0.1) is 0 Å². The minimum atomic E-state index is -0.594. The third kappa shape index (κ3) is 4.60. The van der Waals surface area contributed by atoms with E-state index in [1.165, 1.54) is 24.3 Å². The summed E-state index contributed by atoms with van der Waals surface area (Å²) in [5.74, 6) is -0.230. The van der Waals surface area contributed by atoms with E-state index in [9.17, 15) is 9.59 Å². The van der Waals surface area contributed by atoms with Crippen LogP contribution >= 0.6 is 0 Å². The summed E-state index contributed by atoms with van der Waals surface area (Å²) >= 11 is 0. The first-order valence-electron chi connectivity index (χ1n) is 14.6. The molecular formula is C33H44FN3O3. The van der Waals surface area contributed by atoms with Crippen molar-refractivity contribution in [3.05, 3.63) is 58.4 Å². The van der Waals surface area contributed by atoms with Crippen LogP contribution in [0.4, 0.5) is 10.1 Å². The smallest absolute Gasteiger partial charge is 0.238 e. The number of likely N-dealkylation sites (tertiary alicyclic amines) is 2. The van der Waals surface area contributed by atoms with Gasteiger partial charge in [-0.25, -0.2) is 4.39 Å². The number of ether oxygens (including phenoxy) is 1. The number of anilines is 1. The molecule has 2 amide bonds. The first-order valence-corrected chi connectivity index (χ1v) is 14.6. The average Bonchev–Trinajstić information content (AvgIpc) is 3.43. The van der Waals surface area contributed by atoms with Crippen LogP contribution in [0.25, 0.3) is 0 Å². The Morgan fingerprint density at radius 3 is 2.27 bits per heavy atom. The Hall–Kier alpha value is -2.93. The minimum Gasteiger partial charge on any atom is -0.497 e. The maximum absolute atomic E-state index is 15.3. The Morgan fingerprint density at radius 1 is 1.05 bits per heavy atom. The number of halogens is 1. The molecule has 0 aliphatic carbocycles. The predicted octanol–water partition coefficient (Wildman–Crippen LogP) is 5.58. The lowest BCUT2D eigenvalue weighted by molar-refractivity contribution is -0.139. The maximum atomic E-state index is 15.3. The molecule has 7 heteroatoms. The number of carbonyl (C=O) groups excluding carboxylic acids is 2. The molecule has 2 saturated heterocycles. The number of benzene rings is 2. The Balaban J connectivity index is 1.42. The van der Waals surface area contributed by atoms with E-state index in [1.54, 1.807) is 12.1 Å². The van der Waals surface area contributed by atoms with Crippen molar-refractivity contribution in [1.29, 1.82) is 0 Å². The third-order valence-corrected chi connectivity index (χ3v) is 9.65. The van der Waals surface area contributed by atoms with Crippen molar-refractivity contribution >= 4 is 17.5 Å². The van der Waals surface area contributed by atoms with Crippen LogP contribution in [0.15, 0.2) is 30.3 Å². The maximum Gasteiger partial charge on any atom is 0.238 e. The van der Waals surface area contributed by atoms with Crippen molar-refractivity contribution in [2.75, 3.05) is 38.2 Å². The van der Waals surface area contributed by atoms with Crippen LogP contribution in [0.5, 0.6) is 5.75 Å². The van der Waals surface area contributed by atoms with Crippen LogP contribution < -0.4 is 9.64 Å². The van der Waals surface area contributed by atoms with Crippen molar-refractivity contribution < 1.29 is 18.7 Å². The fourth-order valence-electron chi connectivity index (χ4n) is 7.03. The molecule has 0 radical (unpaired) electrons. The normalized spacial score (nSPS) is 22.9. The van der Waals surface area contributed by atoms with Crippen LogP contribution in [-0.2, 0) is 15.0 Å². The number of amides is 2. The van der Waals surface area contributed by atoms with E-state index in [0.29, 0.717) is 50.3 Å². The number of aryl methyl sites for hydroxylation is 2. The lowest BCUT2D eigenvalue weighted by atomic mass is 9.72. The zero-order chi connectivity index (χ0) is 29.1. The summed E-state index contributed by atoms with van der Waals surface area (Å²) in [7, 11) is 1.52. The van der Waals surface area contributed by atoms with Crippen LogP contribution in [0.3, 0.4) is 0 Å². The number of nitrogens with zero attached hydrogens (tertiary/aromatic N) is 3. The molecule has 2 fully saturated rings. The highest BCUT2D eigenvalue weighted by Gasteiger charge is 2.54. The second-order valence-corrected chi connectivity index (χ2v) is 13.3. The number of carbonyl (C=O) groups is 2. The van der Waals surface area contributed by atoms with Crippen LogP contribution in [0.1, 0.15) is 75.6 Å². The Bertz CT molecular complexity index is 1320. The second-order valence-electron chi connectivity index (χ2n) is 13.3. The summed E-state index contributed by atoms with van der Waals surface area (Å²) in [5, 5.41) is 0. The second kappa shape index (κ2) is 10.2. The molecule has 216 valence electrons. The van der Waals surface area contributed by atoms with Gasteiger partial charge in [-0.1, -0.05) is 12.1 Å². The molecule has 3 aliphatic rings. The fourth-order valence-corrected chi connectivity index (χ4v) is 7.03. The number of hydrogen-bond donors (Lipinski definition) is 0. The summed E-state index contributed by atoms with van der Waals surface area (Å²) in [4.78, 5) is 34.3. The first-order chi connectivity index (χ1) is 18.8. The van der Waals surface area contributed by atoms with E-state index in [2.05, 4.69) is 65.5 Å². The molecule has 1 spiro atoms. The number of piperidine rings is 1. The SMILES string of the molecule is COc1ccc(C2CN(C(C)(C)C)C[C@H]2C(=O)N2CCC3(CC2)C(=O)N(C(C)C)c2cc(C)c(C)cc23)c(F)c1. The quantitative estimate of drug-likeness (QED) is 0.500. The van der Waals surface area contributed by atoms with Gasteiger partial charge in [0.15, 0.2) is 0 Å². The highest BCUT2D eigenvalue weighted by Crippen LogP contribution is 2.50. The standard InChI is InChI=1S/C33H44FN3O3/c1-20(2)37-29-16-22(4)21(3)15-27(29)33(31(37)39)11-13-35(14-12-33)30(38)26-19-36(32(5,6)7)18-25(26)24-10-9-23(40-8)17-28(24)34/h9-10,15-17,20,25-26H,11-14,18-19H2,1-8H3/t25?,26-/m1/s1. The lowest BCUT2D eigenvalue weighted by Gasteiger charge is -2.40. The molecule has 1 unspecified atom stereocenters. The molecule has 5 rings (SSSR count). The van der Waals surface area contributed by atoms with Crippen molar-refractivity contribution in [3.63, 3.8) is 0 Å². The zero-order valence-corrected chi connectivity index (χ0v) is 25.3. The summed E-state index contributed by atoms with van der Waals surface area (Å²) in [6.45, 7) is 17.0. The predicted molar refractivity (Wildman–Crippen MR) is 157 cm³/mol. The number of fused-ring (bicyclic) bond motifs is 2. The molecule has 0 aromatic heterocycles. The summed E-state index contributed by atoms with van der Waals surface area (Å²) < 4.78 is 20.5. The van der Waals surface area contributed by atoms with E-state index in [4.69, 9.17) is 4.74 Å². The molecule has 2 aromatic carbocycles. The molecule has 0 bridgehead atoms. The van der Waals surface area contributed by atoms with Crippen LogP contribution in [0, 0.1) is 25.6 Å². The summed E-state index contributed by atoms with van der Waals surface area (Å²) in [5.41, 5.74) is 4.34. The van der Waals surface area contributed by atoms with Gasteiger partial charge in [-0.2, -0.15) is 0 Å². The van der Waals surface area contributed by atoms with Crippen molar-refractivity contribution in [2.24, 2.45) is 5.92 Å². The average molecular weight is 550 g/mol. The topological polar surface area (TPSA) is 53.1 Å². The van der Waals surface area contributed by atoms with Crippen molar-refractivity contribution in [1.82, 2.24) is 9.80 Å². The highest BCUT2D eigenvalue weighted by atomic mass is 19.1. The van der Waals surface area contributed by atoms with E-state index < -0.39 is 5.41 Å². The number of hydrogen-bond acceptors (Lipinski definition) is 4. The molecule has 6 nitrogen and oxygen atoms in total. The van der Waals surface area contributed by atoms with Crippen LogP contribution in [0.2, 0.25) is 0 Å². The minimum absolute atomic E-state index is 0.0632. The Kier molecular flexibility index (Phi) is 7.26. The zero-order valence-electron chi connectivity index (χ0n) is 25.3. The fraction of sp³-hybridized carbons (Fsp3) is 0.576. The van der Waals surface area contributed by atoms with E-state index in [-0.39, 0.29) is 41.0 Å². The van der Waals surface area contributed by atoms with Gasteiger partial charge in [0.1, 0.15) is 11.6 Å². The molecule has 2 aromatic rings. The number of rotatable bonds is 4. The summed E-state index contributed by atoms with van der Waals surface area (Å²) in [6.07, 6.45) is 1.21. The molecular weight excluding hydrogens is 505 g/mol. The highest BCUT2D eigenvalue weighted by molar-refractivity contribution is 6.09. The first kappa shape index (κ1) is 28.6. The molecule has 0 saturated carbocycles. The Labute approximate surface area is 238 Å². The van der Waals surface area contributed by atoms with Gasteiger partial charge >= 0.3 is 0 Å². The van der Waals surface area contributed by atoms with E-state index in [0.717, 1.165) is 11.3 Å².